The molecule has 1 fully saturated rings. The highest BCUT2D eigenvalue weighted by Gasteiger charge is 2.54. The maximum Gasteiger partial charge on any atom is 0.243 e. The van der Waals surface area contributed by atoms with Crippen molar-refractivity contribution in [2.45, 2.75) is 67.2 Å². The lowest BCUT2D eigenvalue weighted by atomic mass is 9.78. The maximum atomic E-state index is 15.5. The molecule has 0 spiro atoms. The summed E-state index contributed by atoms with van der Waals surface area (Å²) in [5.74, 6) is -7.31. The number of nitrogens with zero attached hydrogens (tertiary/aromatic N) is 1. The van der Waals surface area contributed by atoms with Crippen LogP contribution in [0.4, 0.5) is 23.2 Å². The van der Waals surface area contributed by atoms with Crippen LogP contribution in [0.1, 0.15) is 55.4 Å². The van der Waals surface area contributed by atoms with Crippen LogP contribution in [-0.2, 0) is 20.8 Å². The largest absolute Gasteiger partial charge is 0.368 e. The molecule has 5 rings (SSSR count). The van der Waals surface area contributed by atoms with Crippen molar-refractivity contribution in [1.29, 1.82) is 0 Å². The molecule has 3 N–H and O–H groups in total. The van der Waals surface area contributed by atoms with Crippen LogP contribution in [0.2, 0.25) is 0 Å². The minimum absolute atomic E-state index is 0.00708. The number of rotatable bonds is 7. The summed E-state index contributed by atoms with van der Waals surface area (Å²) < 4.78 is 57.7. The van der Waals surface area contributed by atoms with E-state index in [1.165, 1.54) is 6.92 Å². The topological polar surface area (TPSA) is 92.5 Å². The zero-order valence-corrected chi connectivity index (χ0v) is 24.2. The van der Waals surface area contributed by atoms with Gasteiger partial charge in [0.15, 0.2) is 0 Å². The molecule has 1 aliphatic carbocycles. The molecule has 0 radical (unpaired) electrons. The van der Waals surface area contributed by atoms with Crippen LogP contribution in [0.3, 0.4) is 0 Å². The van der Waals surface area contributed by atoms with Crippen molar-refractivity contribution in [3.05, 3.63) is 95.1 Å². The van der Waals surface area contributed by atoms with Crippen molar-refractivity contribution in [2.75, 3.05) is 4.90 Å². The molecule has 2 unspecified atom stereocenters. The number of nitrogens with two attached hydrogens (primary N) is 1. The van der Waals surface area contributed by atoms with Crippen LogP contribution in [0.15, 0.2) is 65.6 Å². The third-order valence-corrected chi connectivity index (χ3v) is 9.59. The molecule has 43 heavy (non-hydrogen) atoms. The van der Waals surface area contributed by atoms with Gasteiger partial charge in [-0.3, -0.25) is 14.4 Å². The van der Waals surface area contributed by atoms with E-state index in [-0.39, 0.29) is 17.2 Å². The SMILES string of the molecule is C[C@](NC(=O)Cc1cc(F)cc(F)c1)(C(N)=O)C1C(=O)N(C2CCCCC2)c2ccccc2SC1c1cc(F)ccc1F. The number of hydrogen-bond acceptors (Lipinski definition) is 4. The Morgan fingerprint density at radius 2 is 1.63 bits per heavy atom. The summed E-state index contributed by atoms with van der Waals surface area (Å²) in [6.45, 7) is 1.28. The summed E-state index contributed by atoms with van der Waals surface area (Å²) in [5, 5.41) is 1.36. The van der Waals surface area contributed by atoms with Gasteiger partial charge in [0.05, 0.1) is 23.3 Å². The minimum atomic E-state index is -2.12. The van der Waals surface area contributed by atoms with Crippen molar-refractivity contribution in [3.63, 3.8) is 0 Å². The number of primary amides is 1. The number of carbonyl (C=O) groups is 3. The van der Waals surface area contributed by atoms with E-state index in [0.717, 1.165) is 61.4 Å². The molecule has 6 nitrogen and oxygen atoms in total. The third kappa shape index (κ3) is 6.27. The maximum absolute atomic E-state index is 15.5. The number of benzene rings is 3. The standard InChI is InChI=1S/C32H31F4N3O3S/c1-32(31(37)42,38-27(40)15-18-13-20(34)16-21(35)14-18)28-29(23-17-19(33)11-12-24(23)36)43-26-10-6-5-9-25(26)39(30(28)41)22-7-3-2-4-8-22/h5-6,9-14,16-17,22,28-29H,2-4,7-8,15H2,1H3,(H2,37,42)(H,38,40)/t28?,29?,32-/m1/s1. The van der Waals surface area contributed by atoms with Gasteiger partial charge in [-0.1, -0.05) is 31.4 Å². The van der Waals surface area contributed by atoms with Crippen molar-refractivity contribution >= 4 is 35.2 Å². The van der Waals surface area contributed by atoms with Gasteiger partial charge < -0.3 is 16.0 Å². The Balaban J connectivity index is 1.65. The fourth-order valence-electron chi connectivity index (χ4n) is 6.12. The quantitative estimate of drug-likeness (QED) is 0.321. The molecule has 1 aliphatic heterocycles. The normalized spacial score (nSPS) is 20.6. The highest BCUT2D eigenvalue weighted by molar-refractivity contribution is 7.99. The summed E-state index contributed by atoms with van der Waals surface area (Å²) in [6, 6.07) is 12.3. The molecule has 3 atom stereocenters. The zero-order valence-electron chi connectivity index (χ0n) is 23.4. The van der Waals surface area contributed by atoms with Crippen LogP contribution >= 0.6 is 11.8 Å². The first-order chi connectivity index (χ1) is 20.5. The zero-order chi connectivity index (χ0) is 30.9. The second-order valence-corrected chi connectivity index (χ2v) is 12.4. The van der Waals surface area contributed by atoms with Crippen molar-refractivity contribution in [3.8, 4) is 0 Å². The monoisotopic (exact) mass is 613 g/mol. The Kier molecular flexibility index (Phi) is 8.82. The van der Waals surface area contributed by atoms with E-state index in [2.05, 4.69) is 5.32 Å². The average Bonchev–Trinajstić information content (AvgIpc) is 3.07. The second kappa shape index (κ2) is 12.4. The van der Waals surface area contributed by atoms with Gasteiger partial charge in [0.2, 0.25) is 17.7 Å². The smallest absolute Gasteiger partial charge is 0.243 e. The number of carbonyl (C=O) groups excluding carboxylic acids is 3. The molecular weight excluding hydrogens is 582 g/mol. The van der Waals surface area contributed by atoms with Gasteiger partial charge in [0, 0.05) is 22.6 Å². The number of fused-ring (bicyclic) bond motifs is 1. The number of para-hydroxylation sites is 1. The Labute approximate surface area is 251 Å². The van der Waals surface area contributed by atoms with Gasteiger partial charge >= 0.3 is 0 Å². The van der Waals surface area contributed by atoms with Crippen LogP contribution in [0.25, 0.3) is 0 Å². The highest BCUT2D eigenvalue weighted by atomic mass is 32.2. The van der Waals surface area contributed by atoms with Gasteiger partial charge in [-0.25, -0.2) is 17.6 Å². The molecule has 0 saturated heterocycles. The average molecular weight is 614 g/mol. The van der Waals surface area contributed by atoms with Crippen molar-refractivity contribution in [1.82, 2.24) is 5.32 Å². The summed E-state index contributed by atoms with van der Waals surface area (Å²) in [4.78, 5) is 43.7. The van der Waals surface area contributed by atoms with E-state index in [9.17, 15) is 27.6 Å². The Bertz CT molecular complexity index is 1540. The van der Waals surface area contributed by atoms with Gasteiger partial charge in [-0.2, -0.15) is 0 Å². The molecule has 226 valence electrons. The number of hydrogen-bond donors (Lipinski definition) is 2. The first kappa shape index (κ1) is 30.6. The van der Waals surface area contributed by atoms with E-state index < -0.39 is 64.1 Å². The molecule has 1 heterocycles. The Hall–Kier alpha value is -3.86. The van der Waals surface area contributed by atoms with Gasteiger partial charge in [0.25, 0.3) is 0 Å². The molecule has 0 aromatic heterocycles. The number of nitrogens with one attached hydrogen (secondary N) is 1. The summed E-state index contributed by atoms with van der Waals surface area (Å²) >= 11 is 1.09. The van der Waals surface area contributed by atoms with E-state index in [1.807, 2.05) is 0 Å². The highest BCUT2D eigenvalue weighted by Crippen LogP contribution is 2.52. The Morgan fingerprint density at radius 3 is 2.30 bits per heavy atom. The first-order valence-corrected chi connectivity index (χ1v) is 15.0. The number of amides is 3. The molecule has 3 aromatic carbocycles. The first-order valence-electron chi connectivity index (χ1n) is 14.1. The number of anilines is 1. The molecule has 11 heteroatoms. The predicted octanol–water partition coefficient (Wildman–Crippen LogP) is 5.97. The van der Waals surface area contributed by atoms with Crippen LogP contribution in [0.5, 0.6) is 0 Å². The van der Waals surface area contributed by atoms with Gasteiger partial charge in [-0.15, -0.1) is 11.8 Å². The molecule has 1 saturated carbocycles. The van der Waals surface area contributed by atoms with Crippen LogP contribution < -0.4 is 16.0 Å². The lowest BCUT2D eigenvalue weighted by Gasteiger charge is -2.42. The van der Waals surface area contributed by atoms with E-state index in [4.69, 9.17) is 5.73 Å². The fraction of sp³-hybridized carbons (Fsp3) is 0.344. The Morgan fingerprint density at radius 1 is 0.953 bits per heavy atom. The molecule has 2 aliphatic rings. The summed E-state index contributed by atoms with van der Waals surface area (Å²) in [5.41, 5.74) is 4.20. The van der Waals surface area contributed by atoms with E-state index in [0.29, 0.717) is 29.5 Å². The fourth-order valence-corrected chi connectivity index (χ4v) is 7.67. The minimum Gasteiger partial charge on any atom is -0.368 e. The lowest BCUT2D eigenvalue weighted by molar-refractivity contribution is -0.138. The second-order valence-electron chi connectivity index (χ2n) is 11.2. The summed E-state index contributed by atoms with van der Waals surface area (Å²) in [6.07, 6.45) is 3.62. The molecule has 3 amide bonds. The van der Waals surface area contributed by atoms with Gasteiger partial charge in [-0.05, 0) is 67.8 Å². The van der Waals surface area contributed by atoms with Crippen molar-refractivity contribution < 1.29 is 31.9 Å². The van der Waals surface area contributed by atoms with Crippen LogP contribution in [-0.4, -0.2) is 29.3 Å². The molecular formula is C32H31F4N3O3S. The molecule has 0 bridgehead atoms. The van der Waals surface area contributed by atoms with Crippen molar-refractivity contribution in [2.24, 2.45) is 11.7 Å². The molecule has 3 aromatic rings. The lowest BCUT2D eigenvalue weighted by Crippen LogP contribution is -2.65. The van der Waals surface area contributed by atoms with E-state index >= 15 is 4.39 Å². The predicted molar refractivity (Wildman–Crippen MR) is 155 cm³/mol. The summed E-state index contributed by atoms with van der Waals surface area (Å²) in [7, 11) is 0. The van der Waals surface area contributed by atoms with Gasteiger partial charge in [0.1, 0.15) is 28.8 Å². The third-order valence-electron chi connectivity index (χ3n) is 8.21. The number of thioether (sulfide) groups is 1. The van der Waals surface area contributed by atoms with E-state index in [1.54, 1.807) is 29.2 Å². The van der Waals surface area contributed by atoms with Crippen LogP contribution in [0, 0.1) is 29.2 Å². The number of halogens is 4.